The number of fused-ring (bicyclic) bond motifs is 3. The van der Waals surface area contributed by atoms with Crippen molar-refractivity contribution in [3.05, 3.63) is 89.6 Å². The molecule has 0 fully saturated rings. The second-order valence-electron chi connectivity index (χ2n) is 8.45. The molecular formula is C28H27N3O4. The fraction of sp³-hybridized carbons (Fsp3) is 0.214. The van der Waals surface area contributed by atoms with Crippen LogP contribution in [0.2, 0.25) is 0 Å². The van der Waals surface area contributed by atoms with Gasteiger partial charge in [0.2, 0.25) is 5.91 Å². The minimum absolute atomic E-state index is 0.0776. The van der Waals surface area contributed by atoms with Gasteiger partial charge < -0.3 is 24.3 Å². The quantitative estimate of drug-likeness (QED) is 0.423. The molecule has 178 valence electrons. The first-order valence-corrected chi connectivity index (χ1v) is 11.6. The number of para-hydroxylation sites is 1. The van der Waals surface area contributed by atoms with E-state index in [1.54, 1.807) is 24.1 Å². The number of rotatable bonds is 7. The highest BCUT2D eigenvalue weighted by Crippen LogP contribution is 2.44. The van der Waals surface area contributed by atoms with E-state index in [0.29, 0.717) is 18.0 Å². The summed E-state index contributed by atoms with van der Waals surface area (Å²) in [4.78, 5) is 28.4. The van der Waals surface area contributed by atoms with Gasteiger partial charge >= 0.3 is 0 Å². The van der Waals surface area contributed by atoms with E-state index in [4.69, 9.17) is 9.47 Å². The molecule has 2 heterocycles. The van der Waals surface area contributed by atoms with Gasteiger partial charge in [-0.3, -0.25) is 9.59 Å². The molecule has 1 aliphatic rings. The monoisotopic (exact) mass is 469 g/mol. The van der Waals surface area contributed by atoms with Crippen LogP contribution >= 0.6 is 0 Å². The van der Waals surface area contributed by atoms with Gasteiger partial charge in [-0.2, -0.15) is 0 Å². The predicted molar refractivity (Wildman–Crippen MR) is 135 cm³/mol. The van der Waals surface area contributed by atoms with E-state index in [0.717, 1.165) is 33.5 Å². The van der Waals surface area contributed by atoms with Gasteiger partial charge in [-0.25, -0.2) is 0 Å². The van der Waals surface area contributed by atoms with Gasteiger partial charge in [0.25, 0.3) is 5.91 Å². The van der Waals surface area contributed by atoms with Crippen molar-refractivity contribution < 1.29 is 19.1 Å². The van der Waals surface area contributed by atoms with Crippen molar-refractivity contribution in [1.29, 1.82) is 0 Å². The zero-order valence-electron chi connectivity index (χ0n) is 19.9. The molecule has 3 aromatic carbocycles. The predicted octanol–water partition coefficient (Wildman–Crippen LogP) is 4.77. The van der Waals surface area contributed by atoms with Crippen molar-refractivity contribution in [2.75, 3.05) is 25.6 Å². The Kier molecular flexibility index (Phi) is 5.91. The van der Waals surface area contributed by atoms with Crippen molar-refractivity contribution >= 4 is 28.4 Å². The van der Waals surface area contributed by atoms with Crippen molar-refractivity contribution in [2.45, 2.75) is 13.0 Å². The molecule has 0 aliphatic carbocycles. The number of anilines is 1. The Morgan fingerprint density at radius 3 is 2.34 bits per heavy atom. The lowest BCUT2D eigenvalue weighted by atomic mass is 9.98. The maximum absolute atomic E-state index is 13.7. The largest absolute Gasteiger partial charge is 0.497 e. The molecular weight excluding hydrogens is 442 g/mol. The molecule has 0 bridgehead atoms. The van der Waals surface area contributed by atoms with Gasteiger partial charge in [0.15, 0.2) is 0 Å². The second kappa shape index (κ2) is 9.18. The molecule has 35 heavy (non-hydrogen) atoms. The smallest absolute Gasteiger partial charge is 0.272 e. The zero-order valence-corrected chi connectivity index (χ0v) is 19.9. The van der Waals surface area contributed by atoms with Crippen LogP contribution in [0.5, 0.6) is 11.5 Å². The summed E-state index contributed by atoms with van der Waals surface area (Å²) in [5, 5.41) is 3.91. The molecule has 1 aromatic heterocycles. The summed E-state index contributed by atoms with van der Waals surface area (Å²) in [6.45, 7) is 2.42. The fourth-order valence-electron chi connectivity index (χ4n) is 4.82. The first-order valence-electron chi connectivity index (χ1n) is 11.6. The van der Waals surface area contributed by atoms with Gasteiger partial charge in [-0.15, -0.1) is 0 Å². The van der Waals surface area contributed by atoms with Crippen molar-refractivity contribution in [3.63, 3.8) is 0 Å². The van der Waals surface area contributed by atoms with Gasteiger partial charge in [0, 0.05) is 29.2 Å². The number of benzene rings is 3. The number of aryl methyl sites for hydroxylation is 1. The Balaban J connectivity index is 1.49. The standard InChI is InChI=1S/C28H27N3O4/c1-4-35-21-15-11-19(12-16-21)29-24(32)17-31-26(18-9-13-20(34-3)14-10-18)25-22-7-5-6-8-23(22)30(2)27(25)28(31)33/h5-16,26H,4,17H2,1-3H3,(H,29,32). The van der Waals surface area contributed by atoms with Crippen LogP contribution in [0.15, 0.2) is 72.8 Å². The molecule has 1 N–H and O–H groups in total. The molecule has 5 rings (SSSR count). The molecule has 0 radical (unpaired) electrons. The molecule has 1 unspecified atom stereocenters. The number of hydrogen-bond donors (Lipinski definition) is 1. The first kappa shape index (κ1) is 22.5. The summed E-state index contributed by atoms with van der Waals surface area (Å²) < 4.78 is 12.7. The van der Waals surface area contributed by atoms with Crippen molar-refractivity contribution in [3.8, 4) is 11.5 Å². The molecule has 2 amide bonds. The molecule has 0 saturated carbocycles. The average molecular weight is 470 g/mol. The number of amides is 2. The van der Waals surface area contributed by atoms with E-state index in [9.17, 15) is 9.59 Å². The van der Waals surface area contributed by atoms with E-state index >= 15 is 0 Å². The van der Waals surface area contributed by atoms with Crippen LogP contribution in [0.3, 0.4) is 0 Å². The highest BCUT2D eigenvalue weighted by atomic mass is 16.5. The van der Waals surface area contributed by atoms with E-state index in [1.807, 2.05) is 79.2 Å². The SMILES string of the molecule is CCOc1ccc(NC(=O)CN2C(=O)c3c(c4ccccc4n3C)C2c2ccc(OC)cc2)cc1. The molecule has 1 aliphatic heterocycles. The number of aromatic nitrogens is 1. The van der Waals surface area contributed by atoms with E-state index in [2.05, 4.69) is 5.32 Å². The summed E-state index contributed by atoms with van der Waals surface area (Å²) in [5.41, 5.74) is 4.09. The van der Waals surface area contributed by atoms with E-state index < -0.39 is 0 Å². The average Bonchev–Trinajstić information content (AvgIpc) is 3.33. The van der Waals surface area contributed by atoms with Crippen LogP contribution < -0.4 is 14.8 Å². The fourth-order valence-corrected chi connectivity index (χ4v) is 4.82. The normalized spacial score (nSPS) is 14.8. The maximum atomic E-state index is 13.7. The van der Waals surface area contributed by atoms with Crippen molar-refractivity contribution in [2.24, 2.45) is 7.05 Å². The summed E-state index contributed by atoms with van der Waals surface area (Å²) in [6, 6.07) is 22.4. The number of methoxy groups -OCH3 is 1. The second-order valence-corrected chi connectivity index (χ2v) is 8.45. The molecule has 4 aromatic rings. The Morgan fingerprint density at radius 1 is 0.971 bits per heavy atom. The third-order valence-corrected chi connectivity index (χ3v) is 6.39. The summed E-state index contributed by atoms with van der Waals surface area (Å²) in [6.07, 6.45) is 0. The minimum Gasteiger partial charge on any atom is -0.497 e. The van der Waals surface area contributed by atoms with Crippen LogP contribution in [0.4, 0.5) is 5.69 Å². The zero-order chi connectivity index (χ0) is 24.5. The van der Waals surface area contributed by atoms with Crippen LogP contribution in [-0.2, 0) is 11.8 Å². The van der Waals surface area contributed by atoms with Gasteiger partial charge in [0.05, 0.1) is 19.8 Å². The van der Waals surface area contributed by atoms with E-state index in [-0.39, 0.29) is 24.4 Å². The summed E-state index contributed by atoms with van der Waals surface area (Å²) in [7, 11) is 3.52. The Hall–Kier alpha value is -4.26. The van der Waals surface area contributed by atoms with Gasteiger partial charge in [0.1, 0.15) is 23.7 Å². The molecule has 7 nitrogen and oxygen atoms in total. The summed E-state index contributed by atoms with van der Waals surface area (Å²) in [5.74, 6) is 1.04. The van der Waals surface area contributed by atoms with Crippen LogP contribution in [0, 0.1) is 0 Å². The lowest BCUT2D eigenvalue weighted by Gasteiger charge is -2.26. The first-order chi connectivity index (χ1) is 17.0. The topological polar surface area (TPSA) is 72.8 Å². The van der Waals surface area contributed by atoms with Crippen LogP contribution in [0.25, 0.3) is 10.9 Å². The van der Waals surface area contributed by atoms with Gasteiger partial charge in [-0.1, -0.05) is 30.3 Å². The van der Waals surface area contributed by atoms with E-state index in [1.165, 1.54) is 0 Å². The van der Waals surface area contributed by atoms with Crippen LogP contribution in [-0.4, -0.2) is 41.5 Å². The van der Waals surface area contributed by atoms with Gasteiger partial charge in [-0.05, 0) is 55.0 Å². The molecule has 1 atom stereocenters. The highest BCUT2D eigenvalue weighted by molar-refractivity contribution is 6.08. The Labute approximate surface area is 203 Å². The Bertz CT molecular complexity index is 1390. The summed E-state index contributed by atoms with van der Waals surface area (Å²) >= 11 is 0. The number of nitrogens with zero attached hydrogens (tertiary/aromatic N) is 2. The number of carbonyl (C=O) groups is 2. The Morgan fingerprint density at radius 2 is 1.66 bits per heavy atom. The number of nitrogens with one attached hydrogen (secondary N) is 1. The van der Waals surface area contributed by atoms with Crippen molar-refractivity contribution in [1.82, 2.24) is 9.47 Å². The minimum atomic E-state index is -0.388. The number of carbonyl (C=O) groups excluding carboxylic acids is 2. The molecule has 7 heteroatoms. The van der Waals surface area contributed by atoms with Crippen LogP contribution in [0.1, 0.15) is 34.6 Å². The number of hydrogen-bond acceptors (Lipinski definition) is 4. The number of ether oxygens (including phenoxy) is 2. The third kappa shape index (κ3) is 3.99. The molecule has 0 spiro atoms. The molecule has 0 saturated heterocycles. The highest BCUT2D eigenvalue weighted by Gasteiger charge is 2.42. The third-order valence-electron chi connectivity index (χ3n) is 6.39. The lowest BCUT2D eigenvalue weighted by Crippen LogP contribution is -2.37. The lowest BCUT2D eigenvalue weighted by molar-refractivity contribution is -0.117. The maximum Gasteiger partial charge on any atom is 0.272 e.